The Morgan fingerprint density at radius 3 is 2.56 bits per heavy atom. The summed E-state index contributed by atoms with van der Waals surface area (Å²) in [5, 5.41) is 3.57. The van der Waals surface area contributed by atoms with Gasteiger partial charge in [-0.1, -0.05) is 32.0 Å². The van der Waals surface area contributed by atoms with Crippen molar-refractivity contribution in [1.29, 1.82) is 0 Å². The summed E-state index contributed by atoms with van der Waals surface area (Å²) < 4.78 is 0. The Morgan fingerprint density at radius 1 is 1.22 bits per heavy atom. The van der Waals surface area contributed by atoms with Crippen molar-refractivity contribution >= 4 is 11.5 Å². The number of ketones is 1. The minimum Gasteiger partial charge on any atom is -0.385 e. The van der Waals surface area contributed by atoms with Gasteiger partial charge in [0.15, 0.2) is 0 Å². The Labute approximate surface area is 110 Å². The van der Waals surface area contributed by atoms with Crippen LogP contribution in [0.15, 0.2) is 24.3 Å². The van der Waals surface area contributed by atoms with Gasteiger partial charge in [-0.2, -0.15) is 0 Å². The predicted octanol–water partition coefficient (Wildman–Crippen LogP) is 3.98. The molecule has 18 heavy (non-hydrogen) atoms. The van der Waals surface area contributed by atoms with Crippen LogP contribution in [0.25, 0.3) is 0 Å². The predicted molar refractivity (Wildman–Crippen MR) is 76.0 cm³/mol. The summed E-state index contributed by atoms with van der Waals surface area (Å²) in [4.78, 5) is 11.2. The van der Waals surface area contributed by atoms with E-state index in [0.717, 1.165) is 32.2 Å². The third kappa shape index (κ3) is 3.34. The standard InChI is InChI=1S/C16H23NO/c1-12(2)15-5-3-4-6-16(15)17-11-13-7-9-14(18)10-8-13/h3-6,12-13,17H,7-11H2,1-2H3. The van der Waals surface area contributed by atoms with E-state index in [1.807, 2.05) is 0 Å². The minimum atomic E-state index is 0.439. The van der Waals surface area contributed by atoms with Crippen LogP contribution in [0.5, 0.6) is 0 Å². The lowest BCUT2D eigenvalue weighted by molar-refractivity contribution is -0.120. The molecule has 0 spiro atoms. The Bertz CT molecular complexity index is 401. The van der Waals surface area contributed by atoms with Crippen LogP contribution < -0.4 is 5.32 Å². The van der Waals surface area contributed by atoms with Gasteiger partial charge in [0.1, 0.15) is 5.78 Å². The molecule has 2 heteroatoms. The van der Waals surface area contributed by atoms with Crippen LogP contribution in [-0.4, -0.2) is 12.3 Å². The van der Waals surface area contributed by atoms with Gasteiger partial charge in [-0.05, 0) is 36.3 Å². The Kier molecular flexibility index (Phi) is 4.40. The molecule has 0 radical (unpaired) electrons. The van der Waals surface area contributed by atoms with Crippen molar-refractivity contribution in [2.24, 2.45) is 5.92 Å². The Balaban J connectivity index is 1.92. The summed E-state index contributed by atoms with van der Waals surface area (Å²) in [6.45, 7) is 5.44. The van der Waals surface area contributed by atoms with Gasteiger partial charge in [0.2, 0.25) is 0 Å². The molecule has 0 saturated heterocycles. The van der Waals surface area contributed by atoms with E-state index in [4.69, 9.17) is 0 Å². The summed E-state index contributed by atoms with van der Waals surface area (Å²) in [7, 11) is 0. The highest BCUT2D eigenvalue weighted by Gasteiger charge is 2.18. The van der Waals surface area contributed by atoms with E-state index in [1.54, 1.807) is 0 Å². The van der Waals surface area contributed by atoms with E-state index in [0.29, 0.717) is 17.6 Å². The fourth-order valence-corrected chi connectivity index (χ4v) is 2.62. The molecule has 0 amide bonds. The van der Waals surface area contributed by atoms with Crippen molar-refractivity contribution in [2.75, 3.05) is 11.9 Å². The van der Waals surface area contributed by atoms with Gasteiger partial charge in [0.25, 0.3) is 0 Å². The topological polar surface area (TPSA) is 29.1 Å². The number of para-hydroxylation sites is 1. The molecule has 2 rings (SSSR count). The van der Waals surface area contributed by atoms with Crippen LogP contribution in [-0.2, 0) is 4.79 Å². The van der Waals surface area contributed by atoms with Crippen molar-refractivity contribution in [3.63, 3.8) is 0 Å². The molecule has 1 fully saturated rings. The molecule has 0 aromatic heterocycles. The smallest absolute Gasteiger partial charge is 0.132 e. The van der Waals surface area contributed by atoms with Crippen molar-refractivity contribution in [2.45, 2.75) is 45.4 Å². The van der Waals surface area contributed by atoms with Gasteiger partial charge in [-0.25, -0.2) is 0 Å². The molecule has 0 unspecified atom stereocenters. The SMILES string of the molecule is CC(C)c1ccccc1NCC1CCC(=O)CC1. The second kappa shape index (κ2) is 6.03. The molecule has 0 aliphatic heterocycles. The monoisotopic (exact) mass is 245 g/mol. The molecule has 1 aliphatic rings. The molecule has 1 saturated carbocycles. The number of anilines is 1. The summed E-state index contributed by atoms with van der Waals surface area (Å²) in [5.74, 6) is 1.64. The highest BCUT2D eigenvalue weighted by Crippen LogP contribution is 2.26. The van der Waals surface area contributed by atoms with Gasteiger partial charge in [-0.3, -0.25) is 4.79 Å². The van der Waals surface area contributed by atoms with Gasteiger partial charge in [0, 0.05) is 25.1 Å². The van der Waals surface area contributed by atoms with E-state index in [-0.39, 0.29) is 0 Å². The largest absolute Gasteiger partial charge is 0.385 e. The minimum absolute atomic E-state index is 0.439. The summed E-state index contributed by atoms with van der Waals surface area (Å²) in [5.41, 5.74) is 2.63. The maximum Gasteiger partial charge on any atom is 0.132 e. The molecule has 0 heterocycles. The zero-order valence-electron chi connectivity index (χ0n) is 11.4. The Morgan fingerprint density at radius 2 is 1.89 bits per heavy atom. The molecule has 1 N–H and O–H groups in total. The third-order valence-electron chi connectivity index (χ3n) is 3.83. The number of Topliss-reactive ketones (excluding diaryl/α,β-unsaturated/α-hetero) is 1. The van der Waals surface area contributed by atoms with Gasteiger partial charge >= 0.3 is 0 Å². The maximum absolute atomic E-state index is 11.2. The zero-order valence-corrected chi connectivity index (χ0v) is 11.4. The van der Waals surface area contributed by atoms with Crippen molar-refractivity contribution in [1.82, 2.24) is 0 Å². The van der Waals surface area contributed by atoms with Crippen LogP contribution >= 0.6 is 0 Å². The Hall–Kier alpha value is -1.31. The zero-order chi connectivity index (χ0) is 13.0. The van der Waals surface area contributed by atoms with Crippen molar-refractivity contribution < 1.29 is 4.79 Å². The number of nitrogens with one attached hydrogen (secondary N) is 1. The van der Waals surface area contributed by atoms with Crippen LogP contribution in [0.3, 0.4) is 0 Å². The third-order valence-corrected chi connectivity index (χ3v) is 3.83. The first-order valence-corrected chi connectivity index (χ1v) is 7.01. The number of carbonyl (C=O) groups is 1. The molecular formula is C16H23NO. The number of carbonyl (C=O) groups excluding carboxylic acids is 1. The van der Waals surface area contributed by atoms with E-state index in [1.165, 1.54) is 11.3 Å². The normalized spacial score (nSPS) is 17.2. The lowest BCUT2D eigenvalue weighted by Crippen LogP contribution is -2.21. The summed E-state index contributed by atoms with van der Waals surface area (Å²) in [6, 6.07) is 8.53. The van der Waals surface area contributed by atoms with Crippen molar-refractivity contribution in [3.05, 3.63) is 29.8 Å². The van der Waals surface area contributed by atoms with E-state index < -0.39 is 0 Å². The number of hydrogen-bond donors (Lipinski definition) is 1. The average Bonchev–Trinajstić information content (AvgIpc) is 2.38. The quantitative estimate of drug-likeness (QED) is 0.869. The first-order chi connectivity index (χ1) is 8.66. The highest BCUT2D eigenvalue weighted by atomic mass is 16.1. The molecule has 98 valence electrons. The fourth-order valence-electron chi connectivity index (χ4n) is 2.62. The molecule has 1 aromatic carbocycles. The first kappa shape index (κ1) is 13.1. The lowest BCUT2D eigenvalue weighted by atomic mass is 9.88. The van der Waals surface area contributed by atoms with E-state index in [2.05, 4.69) is 43.4 Å². The lowest BCUT2D eigenvalue weighted by Gasteiger charge is -2.23. The summed E-state index contributed by atoms with van der Waals surface area (Å²) >= 11 is 0. The number of benzene rings is 1. The van der Waals surface area contributed by atoms with Crippen LogP contribution in [0.1, 0.15) is 51.0 Å². The second-order valence-corrected chi connectivity index (χ2v) is 5.60. The molecule has 2 nitrogen and oxygen atoms in total. The molecule has 0 atom stereocenters. The van der Waals surface area contributed by atoms with Gasteiger partial charge in [-0.15, -0.1) is 0 Å². The van der Waals surface area contributed by atoms with Crippen molar-refractivity contribution in [3.8, 4) is 0 Å². The molecule has 0 bridgehead atoms. The van der Waals surface area contributed by atoms with E-state index in [9.17, 15) is 4.79 Å². The highest BCUT2D eigenvalue weighted by molar-refractivity contribution is 5.79. The molecule has 1 aliphatic carbocycles. The van der Waals surface area contributed by atoms with Gasteiger partial charge < -0.3 is 5.32 Å². The first-order valence-electron chi connectivity index (χ1n) is 7.01. The fraction of sp³-hybridized carbons (Fsp3) is 0.562. The van der Waals surface area contributed by atoms with Crippen LogP contribution in [0.4, 0.5) is 5.69 Å². The maximum atomic E-state index is 11.2. The summed E-state index contributed by atoms with van der Waals surface area (Å²) in [6.07, 6.45) is 3.65. The number of hydrogen-bond acceptors (Lipinski definition) is 2. The van der Waals surface area contributed by atoms with Crippen LogP contribution in [0, 0.1) is 5.92 Å². The molecule has 1 aromatic rings. The molecular weight excluding hydrogens is 222 g/mol. The number of rotatable bonds is 4. The van der Waals surface area contributed by atoms with Crippen LogP contribution in [0.2, 0.25) is 0 Å². The van der Waals surface area contributed by atoms with E-state index >= 15 is 0 Å². The average molecular weight is 245 g/mol. The second-order valence-electron chi connectivity index (χ2n) is 5.60. The van der Waals surface area contributed by atoms with Gasteiger partial charge in [0.05, 0.1) is 0 Å².